The highest BCUT2D eigenvalue weighted by Gasteiger charge is 2.31. The van der Waals surface area contributed by atoms with Crippen LogP contribution in [0.2, 0.25) is 0 Å². The Balaban J connectivity index is 1.45. The Hall–Kier alpha value is -2.34. The summed E-state index contributed by atoms with van der Waals surface area (Å²) >= 11 is 0. The Morgan fingerprint density at radius 3 is 2.20 bits per heavy atom. The summed E-state index contributed by atoms with van der Waals surface area (Å²) in [5.41, 5.74) is 13.8. The van der Waals surface area contributed by atoms with Crippen molar-refractivity contribution in [2.24, 2.45) is 11.8 Å². The molecule has 0 heterocycles. The lowest BCUT2D eigenvalue weighted by Gasteiger charge is -2.32. The van der Waals surface area contributed by atoms with Crippen LogP contribution in [0.1, 0.15) is 113 Å². The molecule has 2 aromatic carbocycles. The summed E-state index contributed by atoms with van der Waals surface area (Å²) in [6.45, 7) is 14.2. The van der Waals surface area contributed by atoms with E-state index >= 15 is 0 Å². The maximum atomic E-state index is 2.55. The molecule has 1 atom stereocenters. The number of benzene rings is 2. The molecule has 1 saturated carbocycles. The molecule has 0 N–H and O–H groups in total. The van der Waals surface area contributed by atoms with Gasteiger partial charge in [-0.3, -0.25) is 0 Å². The molecule has 3 aliphatic carbocycles. The lowest BCUT2D eigenvalue weighted by Crippen LogP contribution is -2.19. The van der Waals surface area contributed by atoms with Gasteiger partial charge in [0.15, 0.2) is 0 Å². The van der Waals surface area contributed by atoms with Gasteiger partial charge in [0.2, 0.25) is 0 Å². The summed E-state index contributed by atoms with van der Waals surface area (Å²) in [5, 5.41) is 0. The van der Waals surface area contributed by atoms with E-state index in [0.29, 0.717) is 5.92 Å². The normalized spacial score (nSPS) is 24.2. The SMILES string of the molecule is CCc1ccc(C2=CC3C(=CC=C3c3ccc(C4CCC(C)CC4)c(C(C)(C)C)c3)C2)cc1CC. The quantitative estimate of drug-likeness (QED) is 0.413. The number of allylic oxidation sites excluding steroid dienone is 6. The van der Waals surface area contributed by atoms with Gasteiger partial charge in [-0.2, -0.15) is 0 Å². The molecule has 5 rings (SSSR count). The largest absolute Gasteiger partial charge is 0.0688 e. The minimum atomic E-state index is 0.165. The summed E-state index contributed by atoms with van der Waals surface area (Å²) in [5.74, 6) is 2.07. The molecule has 1 fully saturated rings. The van der Waals surface area contributed by atoms with E-state index in [1.165, 1.54) is 59.1 Å². The van der Waals surface area contributed by atoms with Crippen LogP contribution in [0.5, 0.6) is 0 Å². The van der Waals surface area contributed by atoms with Gasteiger partial charge in [-0.25, -0.2) is 0 Å². The maximum absolute atomic E-state index is 2.55. The number of hydrogen-bond acceptors (Lipinski definition) is 0. The van der Waals surface area contributed by atoms with Crippen molar-refractivity contribution in [3.05, 3.63) is 93.6 Å². The summed E-state index contributed by atoms with van der Waals surface area (Å²) in [7, 11) is 0. The van der Waals surface area contributed by atoms with Crippen molar-refractivity contribution in [3.8, 4) is 0 Å². The van der Waals surface area contributed by atoms with E-state index < -0.39 is 0 Å². The van der Waals surface area contributed by atoms with Crippen molar-refractivity contribution in [2.75, 3.05) is 0 Å². The van der Waals surface area contributed by atoms with Crippen LogP contribution < -0.4 is 0 Å². The molecule has 1 unspecified atom stereocenters. The molecule has 0 spiro atoms. The third-order valence-electron chi connectivity index (χ3n) is 8.96. The summed E-state index contributed by atoms with van der Waals surface area (Å²) in [4.78, 5) is 0. The van der Waals surface area contributed by atoms with E-state index in [4.69, 9.17) is 0 Å². The fourth-order valence-electron chi connectivity index (χ4n) is 6.74. The molecular formula is C35H44. The van der Waals surface area contributed by atoms with Crippen molar-refractivity contribution in [1.82, 2.24) is 0 Å². The lowest BCUT2D eigenvalue weighted by atomic mass is 9.73. The fourth-order valence-corrected chi connectivity index (χ4v) is 6.74. The predicted molar refractivity (Wildman–Crippen MR) is 153 cm³/mol. The zero-order valence-corrected chi connectivity index (χ0v) is 22.9. The van der Waals surface area contributed by atoms with Gasteiger partial charge in [0.1, 0.15) is 0 Å². The highest BCUT2D eigenvalue weighted by atomic mass is 14.4. The molecule has 2 aromatic rings. The minimum Gasteiger partial charge on any atom is -0.0688 e. The number of hydrogen-bond donors (Lipinski definition) is 0. The van der Waals surface area contributed by atoms with Crippen LogP contribution in [0.25, 0.3) is 11.1 Å². The number of fused-ring (bicyclic) bond motifs is 1. The zero-order valence-electron chi connectivity index (χ0n) is 22.9. The monoisotopic (exact) mass is 464 g/mol. The second-order valence-corrected chi connectivity index (χ2v) is 12.4. The predicted octanol–water partition coefficient (Wildman–Crippen LogP) is 9.83. The van der Waals surface area contributed by atoms with E-state index in [-0.39, 0.29) is 5.41 Å². The van der Waals surface area contributed by atoms with Gasteiger partial charge >= 0.3 is 0 Å². The van der Waals surface area contributed by atoms with Crippen LogP contribution in [-0.4, -0.2) is 0 Å². The van der Waals surface area contributed by atoms with Gasteiger partial charge in [0.25, 0.3) is 0 Å². The van der Waals surface area contributed by atoms with Crippen molar-refractivity contribution in [3.63, 3.8) is 0 Å². The van der Waals surface area contributed by atoms with Gasteiger partial charge in [-0.15, -0.1) is 0 Å². The highest BCUT2D eigenvalue weighted by Crippen LogP contribution is 2.48. The van der Waals surface area contributed by atoms with Crippen molar-refractivity contribution in [1.29, 1.82) is 0 Å². The van der Waals surface area contributed by atoms with Gasteiger partial charge in [-0.05, 0) is 93.9 Å². The zero-order chi connectivity index (χ0) is 24.7. The first-order valence-electron chi connectivity index (χ1n) is 14.2. The van der Waals surface area contributed by atoms with Gasteiger partial charge < -0.3 is 0 Å². The molecule has 0 amide bonds. The summed E-state index contributed by atoms with van der Waals surface area (Å²) in [6.07, 6.45) is 16.1. The minimum absolute atomic E-state index is 0.165. The van der Waals surface area contributed by atoms with E-state index in [2.05, 4.69) is 96.2 Å². The second-order valence-electron chi connectivity index (χ2n) is 12.4. The third-order valence-corrected chi connectivity index (χ3v) is 8.96. The van der Waals surface area contributed by atoms with Gasteiger partial charge in [0.05, 0.1) is 0 Å². The Morgan fingerprint density at radius 1 is 0.800 bits per heavy atom. The average Bonchev–Trinajstić information content (AvgIpc) is 3.44. The fraction of sp³-hybridized carbons (Fsp3) is 0.486. The first-order chi connectivity index (χ1) is 16.8. The highest BCUT2D eigenvalue weighted by molar-refractivity contribution is 5.85. The molecule has 0 radical (unpaired) electrons. The van der Waals surface area contributed by atoms with Crippen LogP contribution in [0.4, 0.5) is 0 Å². The molecule has 3 aliphatic rings. The van der Waals surface area contributed by atoms with Crippen LogP contribution >= 0.6 is 0 Å². The van der Waals surface area contributed by atoms with Gasteiger partial charge in [0, 0.05) is 5.92 Å². The molecule has 35 heavy (non-hydrogen) atoms. The van der Waals surface area contributed by atoms with E-state index in [9.17, 15) is 0 Å². The van der Waals surface area contributed by atoms with Crippen molar-refractivity contribution in [2.45, 2.75) is 97.8 Å². The maximum Gasteiger partial charge on any atom is 0.0246 e. The number of rotatable bonds is 5. The Bertz CT molecular complexity index is 1190. The van der Waals surface area contributed by atoms with Crippen LogP contribution in [0.15, 0.2) is 60.2 Å². The first kappa shape index (κ1) is 24.4. The van der Waals surface area contributed by atoms with Crippen LogP contribution in [-0.2, 0) is 18.3 Å². The molecule has 0 nitrogen and oxygen atoms in total. The Kier molecular flexibility index (Phi) is 6.69. The van der Waals surface area contributed by atoms with Gasteiger partial charge in [-0.1, -0.05) is 115 Å². The molecule has 0 bridgehead atoms. The topological polar surface area (TPSA) is 0 Å². The Morgan fingerprint density at radius 2 is 1.51 bits per heavy atom. The van der Waals surface area contributed by atoms with E-state index in [1.807, 2.05) is 0 Å². The summed E-state index contributed by atoms with van der Waals surface area (Å²) in [6, 6.07) is 14.6. The van der Waals surface area contributed by atoms with E-state index in [1.54, 1.807) is 16.7 Å². The molecule has 184 valence electrons. The Labute approximate surface area is 214 Å². The van der Waals surface area contributed by atoms with Crippen molar-refractivity contribution >= 4 is 11.1 Å². The number of aryl methyl sites for hydroxylation is 2. The van der Waals surface area contributed by atoms with Crippen LogP contribution in [0, 0.1) is 11.8 Å². The first-order valence-corrected chi connectivity index (χ1v) is 14.2. The van der Waals surface area contributed by atoms with Crippen molar-refractivity contribution < 1.29 is 0 Å². The lowest BCUT2D eigenvalue weighted by molar-refractivity contribution is 0.345. The molecule has 0 heteroatoms. The smallest absolute Gasteiger partial charge is 0.0246 e. The molecule has 0 saturated heterocycles. The van der Waals surface area contributed by atoms with Crippen LogP contribution in [0.3, 0.4) is 0 Å². The second kappa shape index (κ2) is 9.61. The van der Waals surface area contributed by atoms with E-state index in [0.717, 1.165) is 31.1 Å². The molecular weight excluding hydrogens is 420 g/mol. The molecule has 0 aromatic heterocycles. The summed E-state index contributed by atoms with van der Waals surface area (Å²) < 4.78 is 0. The standard InChI is InChI=1S/C35H44/c1-7-24-13-14-27(19-25(24)8-2)30-20-28-15-17-31(33(28)21-30)29-16-18-32(34(22-29)35(4,5)6)26-11-9-23(3)10-12-26/h13-19,21-23,26,33H,7-12,20H2,1-6H3. The molecule has 0 aliphatic heterocycles. The third kappa shape index (κ3) is 4.74. The average molecular weight is 465 g/mol.